The van der Waals surface area contributed by atoms with Crippen LogP contribution < -0.4 is 0 Å². The molecule has 0 fully saturated rings. The Balaban J connectivity index is 0.000000531. The van der Waals surface area contributed by atoms with E-state index in [2.05, 4.69) is 4.98 Å². The first-order chi connectivity index (χ1) is 7.22. The van der Waals surface area contributed by atoms with Crippen molar-refractivity contribution < 1.29 is 0 Å². The van der Waals surface area contributed by atoms with Gasteiger partial charge < -0.3 is 4.40 Å². The van der Waals surface area contributed by atoms with Crippen molar-refractivity contribution in [2.24, 2.45) is 0 Å². The quantitative estimate of drug-likeness (QED) is 0.686. The number of nitrogens with zero attached hydrogens (tertiary/aromatic N) is 3. The number of imidazole rings is 1. The molecule has 0 aromatic carbocycles. The van der Waals surface area contributed by atoms with Crippen molar-refractivity contribution in [2.75, 3.05) is 0 Å². The zero-order valence-electron chi connectivity index (χ0n) is 8.95. The molecule has 3 nitrogen and oxygen atoms in total. The Hall–Kier alpha value is -1.53. The molecule has 0 atom stereocenters. The van der Waals surface area contributed by atoms with Gasteiger partial charge in [-0.3, -0.25) is 0 Å². The Morgan fingerprint density at radius 3 is 2.73 bits per heavy atom. The molecule has 78 valence electrons. The van der Waals surface area contributed by atoms with Crippen LogP contribution in [0, 0.1) is 18.3 Å². The Morgan fingerprint density at radius 1 is 1.47 bits per heavy atom. The lowest BCUT2D eigenvalue weighted by Gasteiger charge is -1.98. The van der Waals surface area contributed by atoms with Crippen LogP contribution in [0.2, 0.25) is 5.02 Å². The van der Waals surface area contributed by atoms with Crippen LogP contribution in [-0.4, -0.2) is 9.38 Å². The predicted octanol–water partition coefficient (Wildman–Crippen LogP) is 3.19. The third kappa shape index (κ3) is 2.11. The second kappa shape index (κ2) is 4.81. The predicted molar refractivity (Wildman–Crippen MR) is 61.0 cm³/mol. The molecule has 0 radical (unpaired) electrons. The number of hydrogen-bond donors (Lipinski definition) is 0. The van der Waals surface area contributed by atoms with Crippen molar-refractivity contribution in [3.8, 4) is 6.07 Å². The molecule has 0 aliphatic rings. The third-order valence-electron chi connectivity index (χ3n) is 1.87. The number of rotatable bonds is 0. The van der Waals surface area contributed by atoms with Gasteiger partial charge in [-0.1, -0.05) is 25.4 Å². The molecule has 0 bridgehead atoms. The second-order valence-corrected chi connectivity index (χ2v) is 3.16. The van der Waals surface area contributed by atoms with Gasteiger partial charge >= 0.3 is 0 Å². The monoisotopic (exact) mass is 221 g/mol. The molecular weight excluding hydrogens is 210 g/mol. The molecule has 4 heteroatoms. The van der Waals surface area contributed by atoms with Gasteiger partial charge in [0.05, 0.1) is 5.02 Å². The normalized spacial score (nSPS) is 9.27. The summed E-state index contributed by atoms with van der Waals surface area (Å²) in [4.78, 5) is 4.06. The number of aryl methyl sites for hydroxylation is 1. The van der Waals surface area contributed by atoms with E-state index in [-0.39, 0.29) is 0 Å². The SMILES string of the molecule is CC.Cc1ccn2cc(C#N)nc2c1Cl. The maximum Gasteiger partial charge on any atom is 0.159 e. The fourth-order valence-electron chi connectivity index (χ4n) is 1.17. The summed E-state index contributed by atoms with van der Waals surface area (Å²) in [7, 11) is 0. The summed E-state index contributed by atoms with van der Waals surface area (Å²) >= 11 is 6.00. The van der Waals surface area contributed by atoms with E-state index in [1.54, 1.807) is 10.6 Å². The first kappa shape index (κ1) is 11.5. The largest absolute Gasteiger partial charge is 0.304 e. The summed E-state index contributed by atoms with van der Waals surface area (Å²) in [6.45, 7) is 5.91. The molecule has 0 saturated heterocycles. The minimum atomic E-state index is 0.382. The number of fused-ring (bicyclic) bond motifs is 1. The molecule has 0 N–H and O–H groups in total. The molecule has 0 unspecified atom stereocenters. The lowest BCUT2D eigenvalue weighted by Crippen LogP contribution is -1.85. The third-order valence-corrected chi connectivity index (χ3v) is 2.34. The lowest BCUT2D eigenvalue weighted by molar-refractivity contribution is 1.17. The molecule has 2 heterocycles. The Bertz CT molecular complexity index is 508. The summed E-state index contributed by atoms with van der Waals surface area (Å²) in [6.07, 6.45) is 3.49. The van der Waals surface area contributed by atoms with Crippen molar-refractivity contribution >= 4 is 17.2 Å². The summed E-state index contributed by atoms with van der Waals surface area (Å²) in [5.74, 6) is 0. The van der Waals surface area contributed by atoms with Crippen molar-refractivity contribution in [3.63, 3.8) is 0 Å². The number of hydrogen-bond acceptors (Lipinski definition) is 2. The molecule has 0 aliphatic heterocycles. The molecule has 15 heavy (non-hydrogen) atoms. The number of aromatic nitrogens is 2. The highest BCUT2D eigenvalue weighted by Crippen LogP contribution is 2.20. The summed E-state index contributed by atoms with van der Waals surface area (Å²) < 4.78 is 1.74. The second-order valence-electron chi connectivity index (χ2n) is 2.78. The fourth-order valence-corrected chi connectivity index (χ4v) is 1.37. The van der Waals surface area contributed by atoms with Crippen molar-refractivity contribution in [3.05, 3.63) is 34.7 Å². The van der Waals surface area contributed by atoms with Crippen molar-refractivity contribution in [1.82, 2.24) is 9.38 Å². The van der Waals surface area contributed by atoms with Crippen LogP contribution in [0.15, 0.2) is 18.5 Å². The van der Waals surface area contributed by atoms with Gasteiger partial charge in [-0.2, -0.15) is 5.26 Å². The first-order valence-electron chi connectivity index (χ1n) is 4.76. The Labute approximate surface area is 93.9 Å². The van der Waals surface area contributed by atoms with Crippen LogP contribution in [0.4, 0.5) is 0 Å². The minimum Gasteiger partial charge on any atom is -0.304 e. The van der Waals surface area contributed by atoms with E-state index in [0.29, 0.717) is 16.4 Å². The van der Waals surface area contributed by atoms with Crippen LogP contribution >= 0.6 is 11.6 Å². The molecule has 0 amide bonds. The van der Waals surface area contributed by atoms with Gasteiger partial charge in [0, 0.05) is 12.4 Å². The van der Waals surface area contributed by atoms with E-state index in [0.717, 1.165) is 5.56 Å². The maximum atomic E-state index is 8.63. The van der Waals surface area contributed by atoms with Gasteiger partial charge in [0.25, 0.3) is 0 Å². The summed E-state index contributed by atoms with van der Waals surface area (Å²) in [6, 6.07) is 3.86. The van der Waals surface area contributed by atoms with E-state index < -0.39 is 0 Å². The average Bonchev–Trinajstić information content (AvgIpc) is 2.70. The van der Waals surface area contributed by atoms with Crippen molar-refractivity contribution in [1.29, 1.82) is 5.26 Å². The number of pyridine rings is 1. The first-order valence-corrected chi connectivity index (χ1v) is 5.14. The molecule has 0 aliphatic carbocycles. The summed E-state index contributed by atoms with van der Waals surface area (Å²) in [5, 5.41) is 9.23. The lowest BCUT2D eigenvalue weighted by atomic mass is 10.3. The van der Waals surface area contributed by atoms with E-state index in [9.17, 15) is 0 Å². The van der Waals surface area contributed by atoms with E-state index in [1.165, 1.54) is 0 Å². The standard InChI is InChI=1S/C9H6ClN3.C2H6/c1-6-2-3-13-5-7(4-11)12-9(13)8(6)10;1-2/h2-3,5H,1H3;1-2H3. The highest BCUT2D eigenvalue weighted by Gasteiger charge is 2.05. The van der Waals surface area contributed by atoms with Crippen LogP contribution in [0.3, 0.4) is 0 Å². The highest BCUT2D eigenvalue weighted by molar-refractivity contribution is 6.34. The topological polar surface area (TPSA) is 41.1 Å². The van der Waals surface area contributed by atoms with Crippen molar-refractivity contribution in [2.45, 2.75) is 20.8 Å². The molecule has 2 aromatic heterocycles. The van der Waals surface area contributed by atoms with E-state index in [1.807, 2.05) is 39.1 Å². The van der Waals surface area contributed by atoms with Crippen LogP contribution in [0.25, 0.3) is 5.65 Å². The Morgan fingerprint density at radius 2 is 2.13 bits per heavy atom. The van der Waals surface area contributed by atoms with Gasteiger partial charge in [-0.05, 0) is 18.6 Å². The smallest absolute Gasteiger partial charge is 0.159 e. The van der Waals surface area contributed by atoms with Crippen LogP contribution in [0.1, 0.15) is 25.1 Å². The zero-order chi connectivity index (χ0) is 11.4. The average molecular weight is 222 g/mol. The van der Waals surface area contributed by atoms with E-state index >= 15 is 0 Å². The highest BCUT2D eigenvalue weighted by atomic mass is 35.5. The molecule has 2 aromatic rings. The van der Waals surface area contributed by atoms with Gasteiger partial charge in [0.2, 0.25) is 0 Å². The number of halogens is 1. The van der Waals surface area contributed by atoms with Crippen LogP contribution in [-0.2, 0) is 0 Å². The molecular formula is C11H12ClN3. The minimum absolute atomic E-state index is 0.382. The Kier molecular flexibility index (Phi) is 3.70. The summed E-state index contributed by atoms with van der Waals surface area (Å²) in [5.41, 5.74) is 1.98. The van der Waals surface area contributed by atoms with Gasteiger partial charge in [-0.15, -0.1) is 0 Å². The zero-order valence-corrected chi connectivity index (χ0v) is 9.71. The van der Waals surface area contributed by atoms with Gasteiger partial charge in [-0.25, -0.2) is 4.98 Å². The van der Waals surface area contributed by atoms with E-state index in [4.69, 9.17) is 16.9 Å². The van der Waals surface area contributed by atoms with Gasteiger partial charge in [0.15, 0.2) is 11.3 Å². The maximum absolute atomic E-state index is 8.63. The van der Waals surface area contributed by atoms with Gasteiger partial charge in [0.1, 0.15) is 6.07 Å². The van der Waals surface area contributed by atoms with Crippen LogP contribution in [0.5, 0.6) is 0 Å². The molecule has 0 saturated carbocycles. The molecule has 0 spiro atoms. The molecule has 2 rings (SSSR count). The fraction of sp³-hybridized carbons (Fsp3) is 0.273. The number of nitriles is 1.